The molecule has 4 heterocycles. The number of hydrogen-bond donors (Lipinski definition) is 2. The summed E-state index contributed by atoms with van der Waals surface area (Å²) in [6, 6.07) is 9.87. The number of hydrogen-bond acceptors (Lipinski definition) is 7. The largest absolute Gasteiger partial charge is 0.309 e. The van der Waals surface area contributed by atoms with Gasteiger partial charge in [0.15, 0.2) is 5.16 Å². The maximum Gasteiger partial charge on any atom is 0.260 e. The summed E-state index contributed by atoms with van der Waals surface area (Å²) >= 11 is 4.51. The first kappa shape index (κ1) is 20.8. The number of H-pyrrole nitrogens is 2. The van der Waals surface area contributed by atoms with Gasteiger partial charge in [-0.05, 0) is 43.7 Å². The van der Waals surface area contributed by atoms with Gasteiger partial charge < -0.3 is 9.97 Å². The van der Waals surface area contributed by atoms with Crippen LogP contribution in [-0.4, -0.2) is 19.9 Å². The highest BCUT2D eigenvalue weighted by Crippen LogP contribution is 2.37. The van der Waals surface area contributed by atoms with Gasteiger partial charge in [-0.1, -0.05) is 42.1 Å². The minimum absolute atomic E-state index is 0.0724. The molecule has 33 heavy (non-hydrogen) atoms. The molecule has 1 aromatic carbocycles. The van der Waals surface area contributed by atoms with Gasteiger partial charge in [-0.15, -0.1) is 22.7 Å². The van der Waals surface area contributed by atoms with E-state index in [0.29, 0.717) is 21.2 Å². The Hall–Kier alpha value is -2.75. The Morgan fingerprint density at radius 1 is 0.970 bits per heavy atom. The molecule has 1 aliphatic rings. The lowest BCUT2D eigenvalue weighted by molar-refractivity contribution is 0.700. The van der Waals surface area contributed by atoms with Crippen molar-refractivity contribution < 1.29 is 0 Å². The number of rotatable bonds is 4. The molecule has 4 aromatic heterocycles. The molecule has 0 bridgehead atoms. The number of benzene rings is 1. The summed E-state index contributed by atoms with van der Waals surface area (Å²) < 4.78 is 0. The molecular formula is C24H20N4O2S3. The van der Waals surface area contributed by atoms with Crippen molar-refractivity contribution in [3.8, 4) is 11.1 Å². The quantitative estimate of drug-likeness (QED) is 0.249. The Bertz CT molecular complexity index is 1610. The van der Waals surface area contributed by atoms with Gasteiger partial charge >= 0.3 is 0 Å². The summed E-state index contributed by atoms with van der Waals surface area (Å²) in [5.74, 6) is 0.576. The minimum atomic E-state index is -0.181. The molecule has 0 saturated heterocycles. The van der Waals surface area contributed by atoms with Gasteiger partial charge in [0.1, 0.15) is 15.5 Å². The summed E-state index contributed by atoms with van der Waals surface area (Å²) in [6.07, 6.45) is 4.29. The topological polar surface area (TPSA) is 91.5 Å². The lowest BCUT2D eigenvalue weighted by atomic mass is 9.97. The maximum atomic E-state index is 13.0. The van der Waals surface area contributed by atoms with Crippen molar-refractivity contribution in [1.29, 1.82) is 0 Å². The fourth-order valence-corrected chi connectivity index (χ4v) is 7.54. The van der Waals surface area contributed by atoms with Crippen LogP contribution in [-0.2, 0) is 12.8 Å². The maximum absolute atomic E-state index is 13.0. The van der Waals surface area contributed by atoms with Crippen LogP contribution in [0.2, 0.25) is 0 Å². The number of thiophene rings is 2. The van der Waals surface area contributed by atoms with Crippen molar-refractivity contribution in [2.75, 3.05) is 0 Å². The van der Waals surface area contributed by atoms with E-state index >= 15 is 0 Å². The molecule has 0 fully saturated rings. The lowest BCUT2D eigenvalue weighted by Gasteiger charge is -2.11. The average molecular weight is 493 g/mol. The Morgan fingerprint density at radius 3 is 2.61 bits per heavy atom. The van der Waals surface area contributed by atoms with Crippen molar-refractivity contribution in [3.63, 3.8) is 0 Å². The first-order valence-electron chi connectivity index (χ1n) is 10.9. The highest BCUT2D eigenvalue weighted by atomic mass is 32.2. The number of aromatic amines is 2. The first-order chi connectivity index (χ1) is 16.1. The standard InChI is InChI=1S/C24H20N4O2S3/c1-12(32-24-27-21(30)17-14-9-5-6-10-16(14)33-23(17)28-24)19-25-20(29)18-15(11-31-22(18)26-19)13-7-3-2-4-8-13/h2-4,7-8,11-12H,5-6,9-10H2,1H3,(H,25,26,29)(H,27,28,30). The third kappa shape index (κ3) is 3.64. The molecule has 1 atom stereocenters. The number of nitrogens with zero attached hydrogens (tertiary/aromatic N) is 2. The molecule has 0 spiro atoms. The van der Waals surface area contributed by atoms with E-state index in [4.69, 9.17) is 9.97 Å². The Morgan fingerprint density at radius 2 is 1.76 bits per heavy atom. The summed E-state index contributed by atoms with van der Waals surface area (Å²) in [6.45, 7) is 1.96. The number of nitrogens with one attached hydrogen (secondary N) is 2. The molecule has 1 aliphatic carbocycles. The monoisotopic (exact) mass is 492 g/mol. The first-order valence-corrected chi connectivity index (χ1v) is 13.4. The second kappa shape index (κ2) is 8.23. The molecule has 0 amide bonds. The van der Waals surface area contributed by atoms with E-state index in [-0.39, 0.29) is 16.4 Å². The number of fused-ring (bicyclic) bond motifs is 4. The van der Waals surface area contributed by atoms with Gasteiger partial charge in [0.05, 0.1) is 16.0 Å². The van der Waals surface area contributed by atoms with Gasteiger partial charge in [0, 0.05) is 15.8 Å². The van der Waals surface area contributed by atoms with Crippen LogP contribution in [0.15, 0.2) is 50.5 Å². The van der Waals surface area contributed by atoms with Crippen molar-refractivity contribution in [1.82, 2.24) is 19.9 Å². The smallest absolute Gasteiger partial charge is 0.260 e. The fraction of sp³-hybridized carbons (Fsp3) is 0.250. The van der Waals surface area contributed by atoms with E-state index in [1.165, 1.54) is 40.0 Å². The third-order valence-electron chi connectivity index (χ3n) is 6.02. The molecule has 6 nitrogen and oxygen atoms in total. The van der Waals surface area contributed by atoms with Crippen LogP contribution < -0.4 is 11.1 Å². The molecule has 2 N–H and O–H groups in total. The predicted molar refractivity (Wildman–Crippen MR) is 137 cm³/mol. The highest BCUT2D eigenvalue weighted by Gasteiger charge is 2.22. The molecule has 9 heteroatoms. The van der Waals surface area contributed by atoms with E-state index in [9.17, 15) is 9.59 Å². The molecule has 6 rings (SSSR count). The molecule has 5 aromatic rings. The van der Waals surface area contributed by atoms with E-state index in [2.05, 4.69) is 9.97 Å². The van der Waals surface area contributed by atoms with Gasteiger partial charge in [0.2, 0.25) is 0 Å². The zero-order valence-electron chi connectivity index (χ0n) is 17.8. The Labute approximate surface area is 201 Å². The summed E-state index contributed by atoms with van der Waals surface area (Å²) in [4.78, 5) is 44.0. The van der Waals surface area contributed by atoms with Crippen molar-refractivity contribution >= 4 is 54.9 Å². The van der Waals surface area contributed by atoms with Crippen LogP contribution in [0.5, 0.6) is 0 Å². The van der Waals surface area contributed by atoms with Gasteiger partial charge in [-0.3, -0.25) is 9.59 Å². The van der Waals surface area contributed by atoms with Crippen LogP contribution in [0, 0.1) is 0 Å². The predicted octanol–water partition coefficient (Wildman–Crippen LogP) is 5.68. The van der Waals surface area contributed by atoms with E-state index in [1.54, 1.807) is 11.3 Å². The molecule has 0 radical (unpaired) electrons. The number of aryl methyl sites for hydroxylation is 2. The van der Waals surface area contributed by atoms with E-state index < -0.39 is 0 Å². The molecule has 0 saturated carbocycles. The SMILES string of the molecule is CC(Sc1nc2sc3c(c2c(=O)[nH]1)CCCC3)c1nc2scc(-c3ccccc3)c2c(=O)[nH]1. The zero-order chi connectivity index (χ0) is 22.5. The van der Waals surface area contributed by atoms with Crippen LogP contribution in [0.3, 0.4) is 0 Å². The summed E-state index contributed by atoms with van der Waals surface area (Å²) in [7, 11) is 0. The molecule has 166 valence electrons. The van der Waals surface area contributed by atoms with Gasteiger partial charge in [0.25, 0.3) is 11.1 Å². The number of thioether (sulfide) groups is 1. The summed E-state index contributed by atoms with van der Waals surface area (Å²) in [5.41, 5.74) is 2.86. The normalized spacial score (nSPS) is 14.6. The second-order valence-electron chi connectivity index (χ2n) is 8.17. The Balaban J connectivity index is 1.34. The molecule has 0 aliphatic heterocycles. The third-order valence-corrected chi connectivity index (χ3v) is 9.08. The van der Waals surface area contributed by atoms with Crippen LogP contribution in [0.4, 0.5) is 0 Å². The van der Waals surface area contributed by atoms with Crippen molar-refractivity contribution in [2.24, 2.45) is 0 Å². The van der Waals surface area contributed by atoms with Gasteiger partial charge in [-0.25, -0.2) is 9.97 Å². The van der Waals surface area contributed by atoms with E-state index in [1.807, 2.05) is 42.6 Å². The Kier molecular flexibility index (Phi) is 5.20. The minimum Gasteiger partial charge on any atom is -0.309 e. The van der Waals surface area contributed by atoms with Crippen molar-refractivity contribution in [2.45, 2.75) is 43.0 Å². The van der Waals surface area contributed by atoms with Gasteiger partial charge in [-0.2, -0.15) is 0 Å². The van der Waals surface area contributed by atoms with Crippen LogP contribution >= 0.6 is 34.4 Å². The average Bonchev–Trinajstić information content (AvgIpc) is 3.41. The molecule has 1 unspecified atom stereocenters. The van der Waals surface area contributed by atoms with Crippen molar-refractivity contribution in [3.05, 3.63) is 72.7 Å². The second-order valence-corrected chi connectivity index (χ2v) is 11.4. The summed E-state index contributed by atoms with van der Waals surface area (Å²) in [5, 5.41) is 3.73. The van der Waals surface area contributed by atoms with Crippen LogP contribution in [0.1, 0.15) is 41.3 Å². The number of aromatic nitrogens is 4. The van der Waals surface area contributed by atoms with E-state index in [0.717, 1.165) is 40.6 Å². The fourth-order valence-electron chi connectivity index (χ4n) is 4.41. The highest BCUT2D eigenvalue weighted by molar-refractivity contribution is 7.99. The van der Waals surface area contributed by atoms with Crippen LogP contribution in [0.25, 0.3) is 31.6 Å². The molecular weight excluding hydrogens is 472 g/mol. The zero-order valence-corrected chi connectivity index (χ0v) is 20.3. The lowest BCUT2D eigenvalue weighted by Crippen LogP contribution is -2.14.